The molecule has 0 saturated heterocycles. The van der Waals surface area contributed by atoms with E-state index >= 15 is 0 Å². The molecule has 0 bridgehead atoms. The number of hydrogen-bond acceptors (Lipinski definition) is 4. The van der Waals surface area contributed by atoms with Crippen molar-refractivity contribution in [2.45, 2.75) is 32.6 Å². The quantitative estimate of drug-likeness (QED) is 0.572. The molecule has 0 aliphatic carbocycles. The van der Waals surface area contributed by atoms with E-state index in [1.165, 1.54) is 0 Å². The minimum atomic E-state index is 0.0974. The van der Waals surface area contributed by atoms with Crippen molar-refractivity contribution >= 4 is 23.5 Å². The van der Waals surface area contributed by atoms with E-state index in [9.17, 15) is 9.59 Å². The van der Waals surface area contributed by atoms with Gasteiger partial charge in [0.15, 0.2) is 0 Å². The summed E-state index contributed by atoms with van der Waals surface area (Å²) in [5.74, 6) is 0.0974. The molecular formula is C19H18N2O2. The fourth-order valence-electron chi connectivity index (χ4n) is 2.76. The number of benzene rings is 2. The molecule has 1 unspecified atom stereocenters. The Labute approximate surface area is 135 Å². The largest absolute Gasteiger partial charge is 0.240 e. The van der Waals surface area contributed by atoms with Gasteiger partial charge in [-0.2, -0.15) is 9.98 Å². The Bertz CT molecular complexity index is 771. The number of aliphatic imine (C=N–C) groups is 2. The predicted octanol–water partition coefficient (Wildman–Crippen LogP) is 4.73. The molecule has 0 heterocycles. The van der Waals surface area contributed by atoms with Crippen molar-refractivity contribution in [2.75, 3.05) is 0 Å². The van der Waals surface area contributed by atoms with Crippen LogP contribution in [0.3, 0.4) is 0 Å². The lowest BCUT2D eigenvalue weighted by Gasteiger charge is -2.19. The zero-order valence-corrected chi connectivity index (χ0v) is 13.2. The first-order valence-corrected chi connectivity index (χ1v) is 7.58. The summed E-state index contributed by atoms with van der Waals surface area (Å²) in [5, 5.41) is 0. The van der Waals surface area contributed by atoms with Gasteiger partial charge in [-0.1, -0.05) is 50.6 Å². The van der Waals surface area contributed by atoms with Gasteiger partial charge in [-0.05, 0) is 35.2 Å². The molecule has 0 amide bonds. The highest BCUT2D eigenvalue weighted by molar-refractivity contribution is 5.66. The molecule has 0 N–H and O–H groups in total. The van der Waals surface area contributed by atoms with Crippen molar-refractivity contribution in [3.8, 4) is 0 Å². The first kappa shape index (κ1) is 16.6. The lowest BCUT2D eigenvalue weighted by Crippen LogP contribution is -2.02. The normalized spacial score (nSPS) is 11.2. The van der Waals surface area contributed by atoms with Crippen LogP contribution in [0.25, 0.3) is 0 Å². The Morgan fingerprint density at radius 2 is 1.74 bits per heavy atom. The maximum Gasteiger partial charge on any atom is 0.240 e. The topological polar surface area (TPSA) is 58.9 Å². The van der Waals surface area contributed by atoms with Crippen LogP contribution in [-0.2, 0) is 16.0 Å². The van der Waals surface area contributed by atoms with Crippen LogP contribution in [0.1, 0.15) is 42.9 Å². The molecule has 2 aromatic rings. The first-order chi connectivity index (χ1) is 11.2. The van der Waals surface area contributed by atoms with Crippen LogP contribution < -0.4 is 0 Å². The molecular weight excluding hydrogens is 288 g/mol. The SMILES string of the molecule is CCCc1c(N=C=O)cc(N=C=O)cc1C(C)c1ccccc1. The van der Waals surface area contributed by atoms with Crippen molar-refractivity contribution in [2.24, 2.45) is 9.98 Å². The van der Waals surface area contributed by atoms with Gasteiger partial charge in [0, 0.05) is 5.92 Å². The van der Waals surface area contributed by atoms with E-state index in [0.717, 1.165) is 29.5 Å². The summed E-state index contributed by atoms with van der Waals surface area (Å²) >= 11 is 0. The van der Waals surface area contributed by atoms with E-state index < -0.39 is 0 Å². The second-order valence-corrected chi connectivity index (χ2v) is 5.32. The third-order valence-electron chi connectivity index (χ3n) is 3.85. The van der Waals surface area contributed by atoms with Crippen molar-refractivity contribution in [1.29, 1.82) is 0 Å². The maximum atomic E-state index is 10.8. The zero-order valence-electron chi connectivity index (χ0n) is 13.2. The zero-order chi connectivity index (χ0) is 16.7. The fourth-order valence-corrected chi connectivity index (χ4v) is 2.76. The average Bonchev–Trinajstić information content (AvgIpc) is 2.57. The number of hydrogen-bond donors (Lipinski definition) is 0. The van der Waals surface area contributed by atoms with Gasteiger partial charge in [0.25, 0.3) is 0 Å². The number of nitrogens with zero attached hydrogens (tertiary/aromatic N) is 2. The molecule has 0 spiro atoms. The van der Waals surface area contributed by atoms with E-state index in [2.05, 4.69) is 36.0 Å². The van der Waals surface area contributed by atoms with Gasteiger partial charge in [0.05, 0.1) is 11.4 Å². The summed E-state index contributed by atoms with van der Waals surface area (Å²) < 4.78 is 0. The molecule has 2 aromatic carbocycles. The molecule has 0 fully saturated rings. The number of rotatable bonds is 6. The van der Waals surface area contributed by atoms with Crippen molar-refractivity contribution in [3.63, 3.8) is 0 Å². The van der Waals surface area contributed by atoms with Crippen LogP contribution in [-0.4, -0.2) is 12.2 Å². The Kier molecular flexibility index (Phi) is 5.76. The number of carbonyl (C=O) groups excluding carboxylic acids is 2. The van der Waals surface area contributed by atoms with Gasteiger partial charge in [-0.15, -0.1) is 0 Å². The van der Waals surface area contributed by atoms with Crippen LogP contribution in [0, 0.1) is 0 Å². The smallest absolute Gasteiger partial charge is 0.211 e. The van der Waals surface area contributed by atoms with E-state index in [1.807, 2.05) is 24.3 Å². The standard InChI is InChI=1S/C19H18N2O2/c1-3-7-17-18(14(2)15-8-5-4-6-9-15)10-16(20-12-22)11-19(17)21-13-23/h4-6,8-11,14H,3,7H2,1-2H3. The molecule has 0 radical (unpaired) electrons. The van der Waals surface area contributed by atoms with Gasteiger partial charge in [0.1, 0.15) is 0 Å². The Balaban J connectivity index is 2.67. The highest BCUT2D eigenvalue weighted by Gasteiger charge is 2.17. The van der Waals surface area contributed by atoms with Crippen LogP contribution in [0.2, 0.25) is 0 Å². The molecule has 0 aliphatic heterocycles. The summed E-state index contributed by atoms with van der Waals surface area (Å²) in [6, 6.07) is 13.6. The van der Waals surface area contributed by atoms with Crippen molar-refractivity contribution in [3.05, 3.63) is 59.2 Å². The highest BCUT2D eigenvalue weighted by atomic mass is 16.1. The van der Waals surface area contributed by atoms with E-state index in [1.54, 1.807) is 18.2 Å². The first-order valence-electron chi connectivity index (χ1n) is 7.58. The van der Waals surface area contributed by atoms with Gasteiger partial charge in [-0.25, -0.2) is 9.59 Å². The van der Waals surface area contributed by atoms with E-state index in [-0.39, 0.29) is 5.92 Å². The predicted molar refractivity (Wildman–Crippen MR) is 90.0 cm³/mol. The molecule has 4 heteroatoms. The van der Waals surface area contributed by atoms with E-state index in [4.69, 9.17) is 0 Å². The molecule has 2 rings (SSSR count). The molecule has 0 saturated carbocycles. The lowest BCUT2D eigenvalue weighted by atomic mass is 9.87. The minimum absolute atomic E-state index is 0.0974. The molecule has 4 nitrogen and oxygen atoms in total. The van der Waals surface area contributed by atoms with Crippen LogP contribution >= 0.6 is 0 Å². The second-order valence-electron chi connectivity index (χ2n) is 5.32. The van der Waals surface area contributed by atoms with Crippen molar-refractivity contribution in [1.82, 2.24) is 0 Å². The number of isocyanates is 2. The molecule has 1 atom stereocenters. The summed E-state index contributed by atoms with van der Waals surface area (Å²) in [7, 11) is 0. The Morgan fingerprint density at radius 1 is 1.04 bits per heavy atom. The summed E-state index contributed by atoms with van der Waals surface area (Å²) in [6.07, 6.45) is 4.85. The summed E-state index contributed by atoms with van der Waals surface area (Å²) in [4.78, 5) is 28.9. The highest BCUT2D eigenvalue weighted by Crippen LogP contribution is 2.36. The molecule has 0 aliphatic rings. The third-order valence-corrected chi connectivity index (χ3v) is 3.85. The summed E-state index contributed by atoms with van der Waals surface area (Å²) in [6.45, 7) is 4.16. The monoisotopic (exact) mass is 306 g/mol. The van der Waals surface area contributed by atoms with Gasteiger partial charge >= 0.3 is 0 Å². The second kappa shape index (κ2) is 8.00. The van der Waals surface area contributed by atoms with Gasteiger partial charge in [0.2, 0.25) is 12.2 Å². The van der Waals surface area contributed by atoms with Crippen LogP contribution in [0.5, 0.6) is 0 Å². The van der Waals surface area contributed by atoms with Gasteiger partial charge < -0.3 is 0 Å². The third kappa shape index (κ3) is 3.89. The lowest BCUT2D eigenvalue weighted by molar-refractivity contribution is 0.564. The van der Waals surface area contributed by atoms with E-state index in [0.29, 0.717) is 11.4 Å². The fraction of sp³-hybridized carbons (Fsp3) is 0.263. The average molecular weight is 306 g/mol. The van der Waals surface area contributed by atoms with Crippen LogP contribution in [0.4, 0.5) is 11.4 Å². The maximum absolute atomic E-state index is 10.8. The molecule has 0 aromatic heterocycles. The summed E-state index contributed by atoms with van der Waals surface area (Å²) in [5.41, 5.74) is 4.14. The van der Waals surface area contributed by atoms with Gasteiger partial charge in [-0.3, -0.25) is 0 Å². The minimum Gasteiger partial charge on any atom is -0.211 e. The Morgan fingerprint density at radius 3 is 2.35 bits per heavy atom. The molecule has 116 valence electrons. The Hall–Kier alpha value is -2.80. The van der Waals surface area contributed by atoms with Crippen molar-refractivity contribution < 1.29 is 9.59 Å². The van der Waals surface area contributed by atoms with Crippen LogP contribution in [0.15, 0.2) is 52.4 Å². The molecule has 23 heavy (non-hydrogen) atoms.